The quantitative estimate of drug-likeness (QED) is 0.204. The maximum absolute atomic E-state index is 10.4. The number of hydrogen-bond donors (Lipinski definition) is 3. The molecule has 1 heterocycles. The van der Waals surface area contributed by atoms with E-state index in [0.29, 0.717) is 12.5 Å². The van der Waals surface area contributed by atoms with Gasteiger partial charge in [0.25, 0.3) is 0 Å². The third-order valence-corrected chi connectivity index (χ3v) is 5.13. The van der Waals surface area contributed by atoms with Gasteiger partial charge in [0.15, 0.2) is 6.23 Å². The van der Waals surface area contributed by atoms with Gasteiger partial charge in [-0.2, -0.15) is 5.06 Å². The predicted molar refractivity (Wildman–Crippen MR) is 94.6 cm³/mol. The van der Waals surface area contributed by atoms with Crippen LogP contribution in [-0.2, 0) is 9.57 Å². The second-order valence-electron chi connectivity index (χ2n) is 6.86. The topological polar surface area (TPSA) is 131 Å². The van der Waals surface area contributed by atoms with Crippen LogP contribution in [0.2, 0.25) is 0 Å². The summed E-state index contributed by atoms with van der Waals surface area (Å²) in [5.41, 5.74) is 10.9. The van der Waals surface area contributed by atoms with E-state index in [2.05, 4.69) is 22.7 Å². The van der Waals surface area contributed by atoms with Crippen molar-refractivity contribution >= 4 is 0 Å². The maximum Gasteiger partial charge on any atom is 0.162 e. The summed E-state index contributed by atoms with van der Waals surface area (Å²) in [6.07, 6.45) is 0.316. The molecule has 1 aliphatic heterocycles. The van der Waals surface area contributed by atoms with Crippen molar-refractivity contribution in [1.29, 1.82) is 0 Å². The Bertz CT molecular complexity index is 576. The summed E-state index contributed by atoms with van der Waals surface area (Å²) < 4.78 is 5.67. The average molecular weight is 368 g/mol. The van der Waals surface area contributed by atoms with Gasteiger partial charge in [-0.05, 0) is 37.6 Å². The number of allylic oxidation sites excluding steroid dienone is 2. The first-order valence-corrected chi connectivity index (χ1v) is 8.73. The molecule has 0 saturated carbocycles. The fraction of sp³-hybridized carbons (Fsp3) is 0.765. The first kappa shape index (κ1) is 20.9. The minimum atomic E-state index is -1.37. The smallest absolute Gasteiger partial charge is 0.162 e. The monoisotopic (exact) mass is 368 g/mol. The van der Waals surface area contributed by atoms with E-state index in [1.807, 2.05) is 6.92 Å². The lowest BCUT2D eigenvalue weighted by molar-refractivity contribution is -0.309. The van der Waals surface area contributed by atoms with E-state index in [9.17, 15) is 15.3 Å². The van der Waals surface area contributed by atoms with Crippen molar-refractivity contribution in [2.45, 2.75) is 56.8 Å². The van der Waals surface area contributed by atoms with E-state index in [1.54, 1.807) is 0 Å². The van der Waals surface area contributed by atoms with Gasteiger partial charge in [0.05, 0.1) is 32.0 Å². The second kappa shape index (κ2) is 9.48. The predicted octanol–water partition coefficient (Wildman–Crippen LogP) is 1.27. The number of aliphatic hydroxyl groups excluding tert-OH is 3. The van der Waals surface area contributed by atoms with Gasteiger partial charge in [-0.3, -0.25) is 4.84 Å². The molecular weight excluding hydrogens is 340 g/mol. The van der Waals surface area contributed by atoms with Gasteiger partial charge < -0.3 is 20.1 Å². The van der Waals surface area contributed by atoms with Gasteiger partial charge in [-0.25, -0.2) is 0 Å². The molecule has 9 heteroatoms. The number of nitrogens with zero attached hydrogens (tertiary/aromatic N) is 4. The molecule has 9 nitrogen and oxygen atoms in total. The molecule has 0 radical (unpaired) electrons. The highest BCUT2D eigenvalue weighted by molar-refractivity contribution is 5.13. The number of aliphatic hydroxyl groups is 3. The normalized spacial score (nSPS) is 34.9. The molecule has 2 unspecified atom stereocenters. The summed E-state index contributed by atoms with van der Waals surface area (Å²) in [4.78, 5) is 8.02. The van der Waals surface area contributed by atoms with E-state index < -0.39 is 37.2 Å². The largest absolute Gasteiger partial charge is 0.394 e. The molecule has 2 aliphatic rings. The third-order valence-electron chi connectivity index (χ3n) is 5.13. The van der Waals surface area contributed by atoms with Crippen LogP contribution in [0.1, 0.15) is 26.2 Å². The average Bonchev–Trinajstić information content (AvgIpc) is 2.64. The van der Waals surface area contributed by atoms with Crippen molar-refractivity contribution in [3.05, 3.63) is 34.2 Å². The van der Waals surface area contributed by atoms with Crippen molar-refractivity contribution < 1.29 is 24.9 Å². The number of hydroxylamine groups is 2. The molecule has 0 aromatic carbocycles. The fourth-order valence-corrected chi connectivity index (χ4v) is 3.46. The van der Waals surface area contributed by atoms with Gasteiger partial charge >= 0.3 is 0 Å². The van der Waals surface area contributed by atoms with Crippen molar-refractivity contribution in [1.82, 2.24) is 5.06 Å². The zero-order valence-electron chi connectivity index (χ0n) is 15.2. The van der Waals surface area contributed by atoms with Crippen LogP contribution >= 0.6 is 0 Å². The third kappa shape index (κ3) is 4.63. The van der Waals surface area contributed by atoms with Crippen LogP contribution in [0.25, 0.3) is 10.4 Å². The number of hydrogen-bond acceptors (Lipinski definition) is 7. The van der Waals surface area contributed by atoms with Crippen molar-refractivity contribution in [2.75, 3.05) is 20.3 Å². The van der Waals surface area contributed by atoms with Crippen LogP contribution in [-0.4, -0.2) is 71.2 Å². The molecule has 6 atom stereocenters. The molecule has 146 valence electrons. The molecule has 26 heavy (non-hydrogen) atoms. The van der Waals surface area contributed by atoms with Crippen molar-refractivity contribution in [2.24, 2.45) is 11.0 Å². The standard InChI is InChI=1S/C17H28N4O5/c1-10(2)12-6-4-11(5-7-12)8-21(25-3)17-16(24)15(23)14(19-20-18)13(9-22)26-17/h4,12-17,22-24H,1,5-9H2,2-3H3/t12-,13+,14?,15-,16+,17?/m1/s1. The Morgan fingerprint density at radius 2 is 2.23 bits per heavy atom. The van der Waals surface area contributed by atoms with E-state index in [-0.39, 0.29) is 0 Å². The van der Waals surface area contributed by atoms with Crippen molar-refractivity contribution in [3.63, 3.8) is 0 Å². The molecule has 0 spiro atoms. The van der Waals surface area contributed by atoms with Crippen LogP contribution < -0.4 is 0 Å². The minimum Gasteiger partial charge on any atom is -0.394 e. The maximum atomic E-state index is 10.4. The summed E-state index contributed by atoms with van der Waals surface area (Å²) in [5, 5.41) is 35.0. The number of rotatable bonds is 7. The Morgan fingerprint density at radius 1 is 1.50 bits per heavy atom. The van der Waals surface area contributed by atoms with Gasteiger partial charge in [-0.1, -0.05) is 28.9 Å². The molecule has 0 amide bonds. The fourth-order valence-electron chi connectivity index (χ4n) is 3.46. The van der Waals surface area contributed by atoms with Crippen LogP contribution in [0.3, 0.4) is 0 Å². The molecule has 1 aliphatic carbocycles. The highest BCUT2D eigenvalue weighted by Crippen LogP contribution is 2.31. The van der Waals surface area contributed by atoms with E-state index in [1.165, 1.54) is 17.7 Å². The van der Waals surface area contributed by atoms with Crippen LogP contribution in [0.5, 0.6) is 0 Å². The van der Waals surface area contributed by atoms with E-state index >= 15 is 0 Å². The summed E-state index contributed by atoms with van der Waals surface area (Å²) in [5.74, 6) is 0.483. The van der Waals surface area contributed by atoms with Gasteiger partial charge in [0, 0.05) is 11.5 Å². The molecule has 0 aromatic heterocycles. The molecule has 2 rings (SSSR count). The summed E-state index contributed by atoms with van der Waals surface area (Å²) in [6.45, 7) is 5.99. The Hall–Kier alpha value is -1.45. The Balaban J connectivity index is 2.09. The van der Waals surface area contributed by atoms with E-state index in [0.717, 1.165) is 24.8 Å². The molecule has 1 saturated heterocycles. The number of ether oxygens (including phenoxy) is 1. The van der Waals surface area contributed by atoms with E-state index in [4.69, 9.17) is 15.1 Å². The SMILES string of the molecule is C=C(C)[C@@H]1CC=C(CN(OC)C2O[C@@H](CO)C(N=[N+]=[N-])[C@@H](O)[C@@H]2O)CC1. The molecule has 1 fully saturated rings. The molecule has 0 aromatic rings. The first-order valence-electron chi connectivity index (χ1n) is 8.73. The van der Waals surface area contributed by atoms with Crippen LogP contribution in [0.15, 0.2) is 28.9 Å². The lowest BCUT2D eigenvalue weighted by Crippen LogP contribution is -2.62. The lowest BCUT2D eigenvalue weighted by atomic mass is 9.85. The highest BCUT2D eigenvalue weighted by atomic mass is 16.7. The summed E-state index contributed by atoms with van der Waals surface area (Å²) >= 11 is 0. The van der Waals surface area contributed by atoms with Gasteiger partial charge in [0.2, 0.25) is 0 Å². The molecule has 3 N–H and O–H groups in total. The second-order valence-corrected chi connectivity index (χ2v) is 6.86. The molecular formula is C17H28N4O5. The zero-order chi connectivity index (χ0) is 19.3. The van der Waals surface area contributed by atoms with Crippen molar-refractivity contribution in [3.8, 4) is 0 Å². The number of azide groups is 1. The Morgan fingerprint density at radius 3 is 2.73 bits per heavy atom. The first-order chi connectivity index (χ1) is 12.4. The highest BCUT2D eigenvalue weighted by Gasteiger charge is 2.46. The minimum absolute atomic E-state index is 0.401. The zero-order valence-corrected chi connectivity index (χ0v) is 15.2. The van der Waals surface area contributed by atoms with Crippen LogP contribution in [0.4, 0.5) is 0 Å². The van der Waals surface area contributed by atoms with Gasteiger partial charge in [-0.15, -0.1) is 0 Å². The summed E-state index contributed by atoms with van der Waals surface area (Å²) in [6, 6.07) is -1.07. The van der Waals surface area contributed by atoms with Crippen LogP contribution in [0, 0.1) is 5.92 Å². The molecule has 0 bridgehead atoms. The Labute approximate surface area is 153 Å². The van der Waals surface area contributed by atoms with Gasteiger partial charge in [0.1, 0.15) is 6.10 Å². The summed E-state index contributed by atoms with van der Waals surface area (Å²) in [7, 11) is 1.45. The Kier molecular flexibility index (Phi) is 7.60. The lowest BCUT2D eigenvalue weighted by Gasteiger charge is -2.44.